The normalized spacial score (nSPS) is 34.5. The first kappa shape index (κ1) is 27.9. The summed E-state index contributed by atoms with van der Waals surface area (Å²) >= 11 is 0. The van der Waals surface area contributed by atoms with Crippen molar-refractivity contribution in [2.45, 2.75) is 89.4 Å². The van der Waals surface area contributed by atoms with Crippen LogP contribution in [0, 0.1) is 11.8 Å². The van der Waals surface area contributed by atoms with Crippen molar-refractivity contribution in [3.8, 4) is 0 Å². The van der Waals surface area contributed by atoms with E-state index in [2.05, 4.69) is 37.5 Å². The Balaban J connectivity index is 1.64. The number of likely N-dealkylation sites (N-methyl/N-ethyl adjacent to an activating group) is 1. The molecule has 1 spiro atoms. The lowest BCUT2D eigenvalue weighted by atomic mass is 9.68. The SMILES string of the molecule is COC1C(OC(=O)NC(C(=O)NCCN(C)C)C(C)C)CCC2(CO2)C1C1(C)OC1CC=C(C)C. The van der Waals surface area contributed by atoms with E-state index in [1.807, 2.05) is 32.8 Å². The first-order valence-corrected chi connectivity index (χ1v) is 12.8. The maximum atomic E-state index is 12.9. The summed E-state index contributed by atoms with van der Waals surface area (Å²) in [6.07, 6.45) is 3.13. The highest BCUT2D eigenvalue weighted by atomic mass is 16.6. The monoisotopic (exact) mass is 495 g/mol. The van der Waals surface area contributed by atoms with Crippen LogP contribution in [0.25, 0.3) is 0 Å². The van der Waals surface area contributed by atoms with Crippen LogP contribution in [0.2, 0.25) is 0 Å². The first-order valence-electron chi connectivity index (χ1n) is 12.8. The summed E-state index contributed by atoms with van der Waals surface area (Å²) in [6, 6.07) is -0.680. The molecule has 3 aliphatic rings. The predicted octanol–water partition coefficient (Wildman–Crippen LogP) is 2.49. The summed E-state index contributed by atoms with van der Waals surface area (Å²) < 4.78 is 24.0. The number of rotatable bonds is 11. The fraction of sp³-hybridized carbons (Fsp3) is 0.846. The van der Waals surface area contributed by atoms with Crippen molar-refractivity contribution in [1.29, 1.82) is 0 Å². The molecule has 0 aromatic carbocycles. The second-order valence-corrected chi connectivity index (χ2v) is 11.3. The molecule has 2 N–H and O–H groups in total. The lowest BCUT2D eigenvalue weighted by molar-refractivity contribution is -0.125. The molecule has 7 atom stereocenters. The molecule has 2 amide bonds. The van der Waals surface area contributed by atoms with Crippen molar-refractivity contribution in [1.82, 2.24) is 15.5 Å². The number of epoxide rings is 2. The van der Waals surface area contributed by atoms with E-state index < -0.39 is 23.8 Å². The van der Waals surface area contributed by atoms with Crippen molar-refractivity contribution in [3.63, 3.8) is 0 Å². The van der Waals surface area contributed by atoms with E-state index in [-0.39, 0.29) is 35.6 Å². The van der Waals surface area contributed by atoms with E-state index in [4.69, 9.17) is 18.9 Å². The zero-order chi connectivity index (χ0) is 26.0. The minimum Gasteiger partial charge on any atom is -0.443 e. The lowest BCUT2D eigenvalue weighted by Crippen LogP contribution is -2.57. The van der Waals surface area contributed by atoms with Gasteiger partial charge in [0.15, 0.2) is 0 Å². The summed E-state index contributed by atoms with van der Waals surface area (Å²) in [5.41, 5.74) is 0.586. The number of amides is 2. The summed E-state index contributed by atoms with van der Waals surface area (Å²) in [7, 11) is 5.54. The Hall–Kier alpha value is -1.68. The Kier molecular flexibility index (Phi) is 8.89. The van der Waals surface area contributed by atoms with Gasteiger partial charge in [-0.25, -0.2) is 4.79 Å². The molecule has 7 unspecified atom stereocenters. The first-order chi connectivity index (χ1) is 16.4. The van der Waals surface area contributed by atoms with Crippen LogP contribution in [0.1, 0.15) is 53.9 Å². The van der Waals surface area contributed by atoms with Gasteiger partial charge in [-0.2, -0.15) is 0 Å². The zero-order valence-corrected chi connectivity index (χ0v) is 22.7. The third-order valence-electron chi connectivity index (χ3n) is 7.58. The van der Waals surface area contributed by atoms with Crippen LogP contribution in [-0.2, 0) is 23.7 Å². The van der Waals surface area contributed by atoms with E-state index in [1.165, 1.54) is 5.57 Å². The number of hydrogen-bond donors (Lipinski definition) is 2. The molecular weight excluding hydrogens is 450 g/mol. The minimum absolute atomic E-state index is 0.0441. The molecule has 9 heteroatoms. The second-order valence-electron chi connectivity index (χ2n) is 11.3. The minimum atomic E-state index is -0.680. The molecular formula is C26H45N3O6. The standard InChI is InChI=1S/C26H45N3O6/c1-16(2)9-10-19-25(5,35-19)22-21(32-8)18(11-12-26(22)15-33-26)34-24(31)28-20(17(3)4)23(30)27-13-14-29(6)7/h9,17-22H,10-15H2,1-8H3,(H,27,30)(H,28,31). The van der Waals surface area contributed by atoms with Crippen molar-refractivity contribution >= 4 is 12.0 Å². The molecule has 1 saturated carbocycles. The Labute approximate surface area is 210 Å². The molecule has 200 valence electrons. The Morgan fingerprint density at radius 1 is 1.26 bits per heavy atom. The van der Waals surface area contributed by atoms with Gasteiger partial charge in [-0.05, 0) is 60.0 Å². The number of allylic oxidation sites excluding steroid dienone is 1. The van der Waals surface area contributed by atoms with E-state index in [9.17, 15) is 9.59 Å². The maximum absolute atomic E-state index is 12.9. The van der Waals surface area contributed by atoms with Crippen molar-refractivity contribution in [2.75, 3.05) is 40.9 Å². The van der Waals surface area contributed by atoms with Crippen molar-refractivity contribution in [3.05, 3.63) is 11.6 Å². The fourth-order valence-corrected chi connectivity index (χ4v) is 5.42. The Bertz CT molecular complexity index is 792. The van der Waals surface area contributed by atoms with Gasteiger partial charge in [-0.3, -0.25) is 4.79 Å². The summed E-state index contributed by atoms with van der Waals surface area (Å²) in [4.78, 5) is 27.6. The molecule has 0 aromatic rings. The van der Waals surface area contributed by atoms with Gasteiger partial charge in [-0.15, -0.1) is 0 Å². The number of hydrogen-bond acceptors (Lipinski definition) is 7. The summed E-state index contributed by atoms with van der Waals surface area (Å²) in [5, 5.41) is 5.67. The van der Waals surface area contributed by atoms with Gasteiger partial charge in [0.25, 0.3) is 0 Å². The van der Waals surface area contributed by atoms with Gasteiger partial charge in [0, 0.05) is 20.2 Å². The number of carbonyl (C=O) groups is 2. The number of alkyl carbamates (subject to hydrolysis) is 1. The van der Waals surface area contributed by atoms with Gasteiger partial charge in [0.05, 0.1) is 18.6 Å². The molecule has 0 radical (unpaired) electrons. The maximum Gasteiger partial charge on any atom is 0.408 e. The number of nitrogens with one attached hydrogen (secondary N) is 2. The molecule has 1 aliphatic carbocycles. The number of methoxy groups -OCH3 is 1. The van der Waals surface area contributed by atoms with Crippen LogP contribution in [0.3, 0.4) is 0 Å². The largest absolute Gasteiger partial charge is 0.443 e. The number of ether oxygens (including phenoxy) is 4. The van der Waals surface area contributed by atoms with Gasteiger partial charge in [-0.1, -0.05) is 25.5 Å². The summed E-state index contributed by atoms with van der Waals surface area (Å²) in [6.45, 7) is 12.0. The molecule has 35 heavy (non-hydrogen) atoms. The van der Waals surface area contributed by atoms with Crippen LogP contribution < -0.4 is 10.6 Å². The fourth-order valence-electron chi connectivity index (χ4n) is 5.42. The number of nitrogens with zero attached hydrogens (tertiary/aromatic N) is 1. The van der Waals surface area contributed by atoms with E-state index in [0.29, 0.717) is 19.6 Å². The quantitative estimate of drug-likeness (QED) is 0.335. The molecule has 0 bridgehead atoms. The van der Waals surface area contributed by atoms with E-state index in [1.54, 1.807) is 7.11 Å². The van der Waals surface area contributed by atoms with Gasteiger partial charge >= 0.3 is 6.09 Å². The molecule has 9 nitrogen and oxygen atoms in total. The molecule has 3 fully saturated rings. The Morgan fingerprint density at radius 3 is 2.49 bits per heavy atom. The number of carbonyl (C=O) groups excluding carboxylic acids is 2. The van der Waals surface area contributed by atoms with Crippen molar-refractivity contribution < 1.29 is 28.5 Å². The highest BCUT2D eigenvalue weighted by Crippen LogP contribution is 2.59. The lowest BCUT2D eigenvalue weighted by Gasteiger charge is -2.42. The van der Waals surface area contributed by atoms with Crippen LogP contribution in [0.15, 0.2) is 11.6 Å². The highest BCUT2D eigenvalue weighted by molar-refractivity contribution is 5.85. The van der Waals surface area contributed by atoms with Crippen LogP contribution in [-0.4, -0.2) is 93.4 Å². The average molecular weight is 496 g/mol. The van der Waals surface area contributed by atoms with Crippen LogP contribution >= 0.6 is 0 Å². The highest BCUT2D eigenvalue weighted by Gasteiger charge is 2.72. The second kappa shape index (κ2) is 11.2. The molecule has 0 aromatic heterocycles. The molecule has 2 aliphatic heterocycles. The zero-order valence-electron chi connectivity index (χ0n) is 22.7. The molecule has 3 rings (SSSR count). The van der Waals surface area contributed by atoms with Crippen LogP contribution in [0.5, 0.6) is 0 Å². The third-order valence-corrected chi connectivity index (χ3v) is 7.58. The van der Waals surface area contributed by atoms with E-state index >= 15 is 0 Å². The average Bonchev–Trinajstić information content (AvgIpc) is 3.68. The molecule has 2 heterocycles. The smallest absolute Gasteiger partial charge is 0.408 e. The van der Waals surface area contributed by atoms with Gasteiger partial charge < -0.3 is 34.5 Å². The van der Waals surface area contributed by atoms with Crippen LogP contribution in [0.4, 0.5) is 4.79 Å². The Morgan fingerprint density at radius 2 is 1.94 bits per heavy atom. The predicted molar refractivity (Wildman–Crippen MR) is 133 cm³/mol. The summed E-state index contributed by atoms with van der Waals surface area (Å²) in [5.74, 6) is -0.343. The van der Waals surface area contributed by atoms with Gasteiger partial charge in [0.1, 0.15) is 29.5 Å². The van der Waals surface area contributed by atoms with Gasteiger partial charge in [0.2, 0.25) is 5.91 Å². The van der Waals surface area contributed by atoms with Crippen molar-refractivity contribution in [2.24, 2.45) is 11.8 Å². The topological polar surface area (TPSA) is 105 Å². The van der Waals surface area contributed by atoms with E-state index in [0.717, 1.165) is 19.4 Å². The molecule has 2 saturated heterocycles. The third kappa shape index (κ3) is 6.56.